The summed E-state index contributed by atoms with van der Waals surface area (Å²) in [6.45, 7) is 2.60. The topological polar surface area (TPSA) is 74.3 Å². The molecule has 3 amide bonds. The number of hydrogen-bond donors (Lipinski definition) is 2. The molecule has 0 saturated carbocycles. The highest BCUT2D eigenvalue weighted by atomic mass is 16.2. The van der Waals surface area contributed by atoms with Crippen LogP contribution in [0.4, 0.5) is 16.2 Å². The molecule has 1 aromatic carbocycles. The second kappa shape index (κ2) is 6.48. The van der Waals surface area contributed by atoms with Crippen LogP contribution in [0.3, 0.4) is 0 Å². The fourth-order valence-corrected chi connectivity index (χ4v) is 2.56. The second-order valence-corrected chi connectivity index (χ2v) is 5.51. The summed E-state index contributed by atoms with van der Waals surface area (Å²) in [5.41, 5.74) is 2.59. The number of hydrogen-bond acceptors (Lipinski definition) is 3. The zero-order valence-corrected chi connectivity index (χ0v) is 12.8. The number of rotatable bonds is 3. The minimum Gasteiger partial charge on any atom is -0.326 e. The van der Waals surface area contributed by atoms with Gasteiger partial charge >= 0.3 is 6.03 Å². The summed E-state index contributed by atoms with van der Waals surface area (Å²) in [7, 11) is 0. The highest BCUT2D eigenvalue weighted by Crippen LogP contribution is 2.22. The van der Waals surface area contributed by atoms with Crippen molar-refractivity contribution in [3.05, 3.63) is 54.4 Å². The number of nitrogens with zero attached hydrogens (tertiary/aromatic N) is 2. The summed E-state index contributed by atoms with van der Waals surface area (Å²) in [6.07, 6.45) is 3.77. The van der Waals surface area contributed by atoms with Crippen LogP contribution in [0.15, 0.2) is 48.8 Å². The lowest BCUT2D eigenvalue weighted by Gasteiger charge is -2.17. The van der Waals surface area contributed by atoms with Crippen LogP contribution >= 0.6 is 0 Å². The van der Waals surface area contributed by atoms with Crippen LogP contribution in [-0.2, 0) is 4.79 Å². The van der Waals surface area contributed by atoms with Gasteiger partial charge in [0, 0.05) is 18.4 Å². The third-order valence-electron chi connectivity index (χ3n) is 3.78. The Kier molecular flexibility index (Phi) is 4.23. The van der Waals surface area contributed by atoms with E-state index in [4.69, 9.17) is 0 Å². The Labute approximate surface area is 134 Å². The molecule has 0 bridgehead atoms. The van der Waals surface area contributed by atoms with Crippen molar-refractivity contribution < 1.29 is 9.59 Å². The molecule has 1 aliphatic rings. The molecule has 2 N–H and O–H groups in total. The molecule has 1 atom stereocenters. The molecule has 2 heterocycles. The Morgan fingerprint density at radius 1 is 1.26 bits per heavy atom. The first-order valence-corrected chi connectivity index (χ1v) is 7.49. The van der Waals surface area contributed by atoms with Gasteiger partial charge in [0.05, 0.1) is 11.9 Å². The molecule has 0 unspecified atom stereocenters. The van der Waals surface area contributed by atoms with Crippen LogP contribution in [-0.4, -0.2) is 29.5 Å². The van der Waals surface area contributed by atoms with Gasteiger partial charge in [-0.15, -0.1) is 0 Å². The van der Waals surface area contributed by atoms with E-state index < -0.39 is 12.1 Å². The number of carbonyl (C=O) groups excluding carboxylic acids is 2. The Bertz CT molecular complexity index is 700. The molecule has 0 spiro atoms. The van der Waals surface area contributed by atoms with Crippen LogP contribution in [0.1, 0.15) is 12.0 Å². The number of carbonyl (C=O) groups is 2. The molecule has 1 aromatic heterocycles. The van der Waals surface area contributed by atoms with Gasteiger partial charge in [-0.2, -0.15) is 0 Å². The molecular formula is C17H18N4O2. The van der Waals surface area contributed by atoms with E-state index in [2.05, 4.69) is 15.6 Å². The van der Waals surface area contributed by atoms with Crippen LogP contribution in [0.5, 0.6) is 0 Å². The number of urea groups is 1. The molecule has 1 fully saturated rings. The normalized spacial score (nSPS) is 17.2. The van der Waals surface area contributed by atoms with Crippen molar-refractivity contribution in [2.24, 2.45) is 0 Å². The van der Waals surface area contributed by atoms with E-state index in [1.165, 1.54) is 0 Å². The van der Waals surface area contributed by atoms with Crippen molar-refractivity contribution in [1.29, 1.82) is 0 Å². The van der Waals surface area contributed by atoms with Crippen molar-refractivity contribution in [3.8, 4) is 0 Å². The standard InChI is InChI=1S/C17H18N4O2/c1-12-4-6-14(7-5-12)21-10-8-15(16(21)22)20-17(23)19-13-3-2-9-18-11-13/h2-7,9,11,15H,8,10H2,1H3,(H2,19,20,23)/t15-/m1/s1. The minimum atomic E-state index is -0.507. The fourth-order valence-electron chi connectivity index (χ4n) is 2.56. The van der Waals surface area contributed by atoms with Crippen molar-refractivity contribution in [3.63, 3.8) is 0 Å². The zero-order chi connectivity index (χ0) is 16.2. The largest absolute Gasteiger partial charge is 0.326 e. The summed E-state index contributed by atoms with van der Waals surface area (Å²) in [5, 5.41) is 5.39. The molecular weight excluding hydrogens is 292 g/mol. The number of benzene rings is 1. The van der Waals surface area contributed by atoms with Gasteiger partial charge < -0.3 is 15.5 Å². The minimum absolute atomic E-state index is 0.0878. The summed E-state index contributed by atoms with van der Waals surface area (Å²) in [4.78, 5) is 30.1. The van der Waals surface area contributed by atoms with Gasteiger partial charge in [-0.1, -0.05) is 17.7 Å². The number of nitrogens with one attached hydrogen (secondary N) is 2. The molecule has 118 valence electrons. The van der Waals surface area contributed by atoms with E-state index in [9.17, 15) is 9.59 Å². The third kappa shape index (κ3) is 3.48. The van der Waals surface area contributed by atoms with Gasteiger partial charge in [-0.3, -0.25) is 9.78 Å². The van der Waals surface area contributed by atoms with Crippen molar-refractivity contribution in [2.45, 2.75) is 19.4 Å². The summed E-state index contributed by atoms with van der Waals surface area (Å²) in [5.74, 6) is -0.0878. The Balaban J connectivity index is 1.61. The maximum absolute atomic E-state index is 12.4. The Morgan fingerprint density at radius 2 is 2.04 bits per heavy atom. The Morgan fingerprint density at radius 3 is 2.74 bits per heavy atom. The number of pyridine rings is 1. The SMILES string of the molecule is Cc1ccc(N2CC[C@@H](NC(=O)Nc3cccnc3)C2=O)cc1. The van der Waals surface area contributed by atoms with E-state index in [0.717, 1.165) is 11.3 Å². The summed E-state index contributed by atoms with van der Waals surface area (Å²) < 4.78 is 0. The lowest BCUT2D eigenvalue weighted by molar-refractivity contribution is -0.118. The quantitative estimate of drug-likeness (QED) is 0.913. The predicted octanol–water partition coefficient (Wildman–Crippen LogP) is 2.32. The molecule has 23 heavy (non-hydrogen) atoms. The highest BCUT2D eigenvalue weighted by molar-refractivity contribution is 6.02. The monoisotopic (exact) mass is 310 g/mol. The molecule has 0 aliphatic carbocycles. The van der Waals surface area contributed by atoms with Crippen molar-refractivity contribution in [1.82, 2.24) is 10.3 Å². The van der Waals surface area contributed by atoms with Gasteiger partial charge in [0.25, 0.3) is 0 Å². The molecule has 2 aromatic rings. The van der Waals surface area contributed by atoms with Crippen LogP contribution in [0, 0.1) is 6.92 Å². The van der Waals surface area contributed by atoms with E-state index in [1.807, 2.05) is 31.2 Å². The number of anilines is 2. The highest BCUT2D eigenvalue weighted by Gasteiger charge is 2.33. The molecule has 3 rings (SSSR count). The lowest BCUT2D eigenvalue weighted by Crippen LogP contribution is -2.43. The predicted molar refractivity (Wildman–Crippen MR) is 88.3 cm³/mol. The van der Waals surface area contributed by atoms with Crippen molar-refractivity contribution >= 4 is 23.3 Å². The maximum Gasteiger partial charge on any atom is 0.319 e. The summed E-state index contributed by atoms with van der Waals surface area (Å²) >= 11 is 0. The molecule has 6 nitrogen and oxygen atoms in total. The van der Waals surface area contributed by atoms with Gasteiger partial charge in [-0.25, -0.2) is 4.79 Å². The first-order chi connectivity index (χ1) is 11.1. The summed E-state index contributed by atoms with van der Waals surface area (Å²) in [6, 6.07) is 10.3. The zero-order valence-electron chi connectivity index (χ0n) is 12.8. The fraction of sp³-hybridized carbons (Fsp3) is 0.235. The van der Waals surface area contributed by atoms with E-state index in [1.54, 1.807) is 29.4 Å². The van der Waals surface area contributed by atoms with E-state index in [-0.39, 0.29) is 5.91 Å². The van der Waals surface area contributed by atoms with E-state index >= 15 is 0 Å². The van der Waals surface area contributed by atoms with Gasteiger partial charge in [0.15, 0.2) is 0 Å². The van der Waals surface area contributed by atoms with Crippen LogP contribution in [0.2, 0.25) is 0 Å². The van der Waals surface area contributed by atoms with Gasteiger partial charge in [0.1, 0.15) is 6.04 Å². The molecule has 1 aliphatic heterocycles. The molecule has 6 heteroatoms. The number of amides is 3. The Hall–Kier alpha value is -2.89. The van der Waals surface area contributed by atoms with Gasteiger partial charge in [0.2, 0.25) is 5.91 Å². The lowest BCUT2D eigenvalue weighted by atomic mass is 10.2. The maximum atomic E-state index is 12.4. The van der Waals surface area contributed by atoms with Gasteiger partial charge in [-0.05, 0) is 37.6 Å². The van der Waals surface area contributed by atoms with E-state index in [0.29, 0.717) is 18.7 Å². The first-order valence-electron chi connectivity index (χ1n) is 7.49. The first kappa shape index (κ1) is 15.0. The average molecular weight is 310 g/mol. The number of aromatic nitrogens is 1. The van der Waals surface area contributed by atoms with Crippen LogP contribution in [0.25, 0.3) is 0 Å². The molecule has 0 radical (unpaired) electrons. The van der Waals surface area contributed by atoms with Crippen molar-refractivity contribution in [2.75, 3.05) is 16.8 Å². The molecule has 1 saturated heterocycles. The second-order valence-electron chi connectivity index (χ2n) is 5.51. The third-order valence-corrected chi connectivity index (χ3v) is 3.78. The smallest absolute Gasteiger partial charge is 0.319 e. The number of aryl methyl sites for hydroxylation is 1. The van der Waals surface area contributed by atoms with Crippen LogP contribution < -0.4 is 15.5 Å². The average Bonchev–Trinajstić information content (AvgIpc) is 2.90.